The number of aromatic nitrogens is 3. The molecule has 2 aromatic heterocycles. The third-order valence-electron chi connectivity index (χ3n) is 4.67. The fourth-order valence-electron chi connectivity index (χ4n) is 3.29. The third kappa shape index (κ3) is 2.92. The molecule has 0 bridgehead atoms. The first-order valence-corrected chi connectivity index (χ1v) is 8.38. The smallest absolute Gasteiger partial charge is 0.0948 e. The molecule has 3 heterocycles. The molecule has 124 valence electrons. The Morgan fingerprint density at radius 1 is 1.17 bits per heavy atom. The molecule has 5 heteroatoms. The number of aryl methyl sites for hydroxylation is 2. The van der Waals surface area contributed by atoms with Gasteiger partial charge in [0.2, 0.25) is 0 Å². The molecule has 0 saturated carbocycles. The van der Waals surface area contributed by atoms with Crippen molar-refractivity contribution in [1.29, 1.82) is 0 Å². The van der Waals surface area contributed by atoms with Crippen molar-refractivity contribution < 1.29 is 4.74 Å². The van der Waals surface area contributed by atoms with Crippen LogP contribution in [0.15, 0.2) is 36.8 Å². The summed E-state index contributed by atoms with van der Waals surface area (Å²) in [5, 5.41) is 1.23. The molecule has 0 amide bonds. The zero-order chi connectivity index (χ0) is 16.5. The van der Waals surface area contributed by atoms with Crippen LogP contribution in [0.1, 0.15) is 11.1 Å². The highest BCUT2D eigenvalue weighted by Crippen LogP contribution is 2.25. The van der Waals surface area contributed by atoms with E-state index in [1.54, 1.807) is 0 Å². The predicted octanol–water partition coefficient (Wildman–Crippen LogP) is 2.78. The Labute approximate surface area is 141 Å². The SMILES string of the molecule is Cc1cc(-c2cncn2C)nc2ccc(CN3CCOCC3)cc12. The lowest BCUT2D eigenvalue weighted by Crippen LogP contribution is -2.35. The quantitative estimate of drug-likeness (QED) is 0.744. The molecule has 4 rings (SSSR count). The lowest BCUT2D eigenvalue weighted by Gasteiger charge is -2.26. The van der Waals surface area contributed by atoms with Gasteiger partial charge in [-0.25, -0.2) is 9.97 Å². The Kier molecular flexibility index (Phi) is 4.04. The molecule has 1 fully saturated rings. The number of benzene rings is 1. The van der Waals surface area contributed by atoms with Crippen LogP contribution in [-0.2, 0) is 18.3 Å². The maximum Gasteiger partial charge on any atom is 0.0948 e. The highest BCUT2D eigenvalue weighted by Gasteiger charge is 2.12. The van der Waals surface area contributed by atoms with Crippen molar-refractivity contribution in [3.63, 3.8) is 0 Å². The van der Waals surface area contributed by atoms with Crippen molar-refractivity contribution in [3.05, 3.63) is 47.9 Å². The van der Waals surface area contributed by atoms with Crippen molar-refractivity contribution in [1.82, 2.24) is 19.4 Å². The molecule has 0 radical (unpaired) electrons. The minimum Gasteiger partial charge on any atom is -0.379 e. The van der Waals surface area contributed by atoms with Gasteiger partial charge in [-0.1, -0.05) is 6.07 Å². The average molecular weight is 322 g/mol. The summed E-state index contributed by atoms with van der Waals surface area (Å²) < 4.78 is 7.43. The second-order valence-electron chi connectivity index (χ2n) is 6.45. The first-order valence-electron chi connectivity index (χ1n) is 8.38. The molecule has 0 unspecified atom stereocenters. The van der Waals surface area contributed by atoms with E-state index < -0.39 is 0 Å². The molecule has 0 N–H and O–H groups in total. The summed E-state index contributed by atoms with van der Waals surface area (Å²) in [6.07, 6.45) is 3.67. The van der Waals surface area contributed by atoms with Gasteiger partial charge in [-0.2, -0.15) is 0 Å². The molecule has 1 saturated heterocycles. The van der Waals surface area contributed by atoms with Gasteiger partial charge in [0.15, 0.2) is 0 Å². The van der Waals surface area contributed by atoms with Crippen molar-refractivity contribution in [3.8, 4) is 11.4 Å². The Balaban J connectivity index is 1.67. The van der Waals surface area contributed by atoms with Gasteiger partial charge >= 0.3 is 0 Å². The largest absolute Gasteiger partial charge is 0.379 e. The van der Waals surface area contributed by atoms with E-state index in [0.29, 0.717) is 0 Å². The molecule has 1 aromatic carbocycles. The highest BCUT2D eigenvalue weighted by atomic mass is 16.5. The molecule has 1 aliphatic heterocycles. The van der Waals surface area contributed by atoms with E-state index in [1.165, 1.54) is 16.5 Å². The summed E-state index contributed by atoms with van der Waals surface area (Å²) in [5.41, 5.74) is 5.64. The molecular formula is C19H22N4O. The second kappa shape index (κ2) is 6.34. The maximum absolute atomic E-state index is 5.43. The van der Waals surface area contributed by atoms with Crippen LogP contribution in [-0.4, -0.2) is 45.7 Å². The van der Waals surface area contributed by atoms with Crippen LogP contribution < -0.4 is 0 Å². The van der Waals surface area contributed by atoms with Crippen LogP contribution in [0.2, 0.25) is 0 Å². The molecule has 5 nitrogen and oxygen atoms in total. The van der Waals surface area contributed by atoms with Gasteiger partial charge in [-0.05, 0) is 36.2 Å². The monoisotopic (exact) mass is 322 g/mol. The number of rotatable bonds is 3. The number of fused-ring (bicyclic) bond motifs is 1. The summed E-state index contributed by atoms with van der Waals surface area (Å²) in [5.74, 6) is 0. The lowest BCUT2D eigenvalue weighted by molar-refractivity contribution is 0.0342. The van der Waals surface area contributed by atoms with Crippen molar-refractivity contribution >= 4 is 10.9 Å². The summed E-state index contributed by atoms with van der Waals surface area (Å²) in [7, 11) is 2.00. The Hall–Kier alpha value is -2.24. The van der Waals surface area contributed by atoms with Gasteiger partial charge in [-0.3, -0.25) is 4.90 Å². The summed E-state index contributed by atoms with van der Waals surface area (Å²) in [6.45, 7) is 6.82. The zero-order valence-electron chi connectivity index (χ0n) is 14.2. The number of imidazole rings is 1. The highest BCUT2D eigenvalue weighted by molar-refractivity contribution is 5.85. The zero-order valence-corrected chi connectivity index (χ0v) is 14.2. The van der Waals surface area contributed by atoms with Crippen LogP contribution in [0.25, 0.3) is 22.3 Å². The van der Waals surface area contributed by atoms with E-state index in [0.717, 1.165) is 49.8 Å². The molecule has 0 aliphatic carbocycles. The van der Waals surface area contributed by atoms with Crippen molar-refractivity contribution in [2.45, 2.75) is 13.5 Å². The topological polar surface area (TPSA) is 43.2 Å². The van der Waals surface area contributed by atoms with Crippen molar-refractivity contribution in [2.24, 2.45) is 7.05 Å². The van der Waals surface area contributed by atoms with Gasteiger partial charge in [0.1, 0.15) is 0 Å². The lowest BCUT2D eigenvalue weighted by atomic mass is 10.0. The fraction of sp³-hybridized carbons (Fsp3) is 0.368. The van der Waals surface area contributed by atoms with E-state index in [1.807, 2.05) is 24.1 Å². The van der Waals surface area contributed by atoms with Crippen LogP contribution >= 0.6 is 0 Å². The van der Waals surface area contributed by atoms with Crippen molar-refractivity contribution in [2.75, 3.05) is 26.3 Å². The van der Waals surface area contributed by atoms with E-state index >= 15 is 0 Å². The van der Waals surface area contributed by atoms with Gasteiger partial charge < -0.3 is 9.30 Å². The summed E-state index contributed by atoms with van der Waals surface area (Å²) in [6, 6.07) is 8.76. The van der Waals surface area contributed by atoms with E-state index in [2.05, 4.69) is 41.1 Å². The van der Waals surface area contributed by atoms with Gasteiger partial charge in [0.05, 0.1) is 42.6 Å². The standard InChI is InChI=1S/C19H22N4O/c1-14-9-18(19-11-20-13-22(19)2)21-17-4-3-15(10-16(14)17)12-23-5-7-24-8-6-23/h3-4,9-11,13H,5-8,12H2,1-2H3. The number of ether oxygens (including phenoxy) is 1. The predicted molar refractivity (Wildman–Crippen MR) is 94.8 cm³/mol. The summed E-state index contributed by atoms with van der Waals surface area (Å²) >= 11 is 0. The Morgan fingerprint density at radius 2 is 2.00 bits per heavy atom. The minimum absolute atomic E-state index is 0.836. The van der Waals surface area contributed by atoms with Gasteiger partial charge in [0, 0.05) is 32.1 Å². The van der Waals surface area contributed by atoms with E-state index in [9.17, 15) is 0 Å². The second-order valence-corrected chi connectivity index (χ2v) is 6.45. The fourth-order valence-corrected chi connectivity index (χ4v) is 3.29. The number of hydrogen-bond acceptors (Lipinski definition) is 4. The van der Waals surface area contributed by atoms with Crippen LogP contribution in [0.3, 0.4) is 0 Å². The molecule has 0 atom stereocenters. The molecule has 24 heavy (non-hydrogen) atoms. The molecule has 1 aliphatic rings. The number of morpholine rings is 1. The number of hydrogen-bond donors (Lipinski definition) is 0. The molecule has 0 spiro atoms. The third-order valence-corrected chi connectivity index (χ3v) is 4.67. The number of pyridine rings is 1. The van der Waals surface area contributed by atoms with Crippen LogP contribution in [0.5, 0.6) is 0 Å². The van der Waals surface area contributed by atoms with E-state index in [-0.39, 0.29) is 0 Å². The van der Waals surface area contributed by atoms with E-state index in [4.69, 9.17) is 9.72 Å². The van der Waals surface area contributed by atoms with Gasteiger partial charge in [-0.15, -0.1) is 0 Å². The van der Waals surface area contributed by atoms with Crippen LogP contribution in [0.4, 0.5) is 0 Å². The average Bonchev–Trinajstić information content (AvgIpc) is 3.02. The summed E-state index contributed by atoms with van der Waals surface area (Å²) in [4.78, 5) is 11.5. The first-order chi connectivity index (χ1) is 11.7. The maximum atomic E-state index is 5.43. The minimum atomic E-state index is 0.836. The first kappa shape index (κ1) is 15.3. The molecular weight excluding hydrogens is 300 g/mol. The molecule has 3 aromatic rings. The Morgan fingerprint density at radius 3 is 2.75 bits per heavy atom. The van der Waals surface area contributed by atoms with Crippen LogP contribution in [0, 0.1) is 6.92 Å². The Bertz CT molecular complexity index is 865. The number of nitrogens with zero attached hydrogens (tertiary/aromatic N) is 4. The van der Waals surface area contributed by atoms with Gasteiger partial charge in [0.25, 0.3) is 0 Å². The normalized spacial score (nSPS) is 15.9.